The molecular formula is C7H10BrN3. The molecule has 60 valence electrons. The van der Waals surface area contributed by atoms with Crippen molar-refractivity contribution in [2.24, 2.45) is 0 Å². The van der Waals surface area contributed by atoms with E-state index in [1.54, 1.807) is 4.90 Å². The minimum absolute atomic E-state index is 0.323. The maximum Gasteiger partial charge on any atom is 0.0874 e. The molecule has 0 N–H and O–H groups in total. The predicted molar refractivity (Wildman–Crippen MR) is 46.1 cm³/mol. The van der Waals surface area contributed by atoms with E-state index in [2.05, 4.69) is 15.9 Å². The van der Waals surface area contributed by atoms with Crippen molar-refractivity contribution >= 4 is 15.9 Å². The molecule has 3 nitrogen and oxygen atoms in total. The van der Waals surface area contributed by atoms with Crippen molar-refractivity contribution in [3.63, 3.8) is 0 Å². The van der Waals surface area contributed by atoms with Crippen molar-refractivity contribution in [2.45, 2.75) is 11.8 Å². The van der Waals surface area contributed by atoms with Crippen LogP contribution < -0.4 is 0 Å². The van der Waals surface area contributed by atoms with Gasteiger partial charge in [-0.3, -0.25) is 4.90 Å². The van der Waals surface area contributed by atoms with E-state index in [1.807, 2.05) is 19.1 Å². The number of alkyl halides is 1. The molecule has 0 amide bonds. The van der Waals surface area contributed by atoms with E-state index in [9.17, 15) is 0 Å². The van der Waals surface area contributed by atoms with E-state index in [0.29, 0.717) is 17.9 Å². The summed E-state index contributed by atoms with van der Waals surface area (Å²) in [5, 5.41) is 16.7. The van der Waals surface area contributed by atoms with Crippen LogP contribution in [0.1, 0.15) is 6.92 Å². The summed E-state index contributed by atoms with van der Waals surface area (Å²) in [5.74, 6) is 0. The summed E-state index contributed by atoms with van der Waals surface area (Å²) in [6.07, 6.45) is 0. The van der Waals surface area contributed by atoms with Gasteiger partial charge in [-0.1, -0.05) is 22.9 Å². The topological polar surface area (TPSA) is 50.8 Å². The Morgan fingerprint density at radius 1 is 1.36 bits per heavy atom. The maximum absolute atomic E-state index is 8.36. The van der Waals surface area contributed by atoms with E-state index in [4.69, 9.17) is 10.5 Å². The summed E-state index contributed by atoms with van der Waals surface area (Å²) in [5.41, 5.74) is 0. The summed E-state index contributed by atoms with van der Waals surface area (Å²) < 4.78 is 0. The standard InChI is InChI=1S/C7H10BrN3/c1-7(8)6-11(4-2-9)5-3-10/h7H,4-6H2,1H3. The molecule has 11 heavy (non-hydrogen) atoms. The zero-order chi connectivity index (χ0) is 8.69. The molecule has 0 aromatic carbocycles. The number of halogens is 1. The fourth-order valence-electron chi connectivity index (χ4n) is 0.741. The molecule has 0 aliphatic heterocycles. The Hall–Kier alpha value is -0.580. The smallest absolute Gasteiger partial charge is 0.0874 e. The lowest BCUT2D eigenvalue weighted by atomic mass is 10.4. The van der Waals surface area contributed by atoms with Crippen LogP contribution in [-0.4, -0.2) is 29.4 Å². The Bertz CT molecular complexity index is 161. The Kier molecular flexibility index (Phi) is 5.83. The number of hydrogen-bond acceptors (Lipinski definition) is 3. The largest absolute Gasteiger partial charge is 0.276 e. The third kappa shape index (κ3) is 5.84. The fraction of sp³-hybridized carbons (Fsp3) is 0.714. The van der Waals surface area contributed by atoms with Crippen LogP contribution in [-0.2, 0) is 0 Å². The molecule has 0 bridgehead atoms. The molecule has 0 aliphatic carbocycles. The molecule has 0 saturated carbocycles. The highest BCUT2D eigenvalue weighted by Gasteiger charge is 2.05. The van der Waals surface area contributed by atoms with Gasteiger partial charge in [0.25, 0.3) is 0 Å². The van der Waals surface area contributed by atoms with Gasteiger partial charge < -0.3 is 0 Å². The summed E-state index contributed by atoms with van der Waals surface area (Å²) in [6, 6.07) is 4.02. The molecule has 0 rings (SSSR count). The third-order valence-electron chi connectivity index (χ3n) is 1.10. The Balaban J connectivity index is 3.73. The fourth-order valence-corrected chi connectivity index (χ4v) is 1.15. The zero-order valence-electron chi connectivity index (χ0n) is 6.42. The average molecular weight is 216 g/mol. The zero-order valence-corrected chi connectivity index (χ0v) is 8.00. The van der Waals surface area contributed by atoms with E-state index in [0.717, 1.165) is 6.54 Å². The summed E-state index contributed by atoms with van der Waals surface area (Å²) >= 11 is 3.35. The molecule has 0 aromatic heterocycles. The summed E-state index contributed by atoms with van der Waals surface area (Å²) in [7, 11) is 0. The highest BCUT2D eigenvalue weighted by atomic mass is 79.9. The normalized spacial score (nSPS) is 12.1. The quantitative estimate of drug-likeness (QED) is 0.522. The number of hydrogen-bond donors (Lipinski definition) is 0. The molecule has 0 heterocycles. The first-order chi connectivity index (χ1) is 5.20. The lowest BCUT2D eigenvalue weighted by Crippen LogP contribution is -2.29. The minimum atomic E-state index is 0.323. The summed E-state index contributed by atoms with van der Waals surface area (Å²) in [6.45, 7) is 3.37. The molecule has 0 fully saturated rings. The highest BCUT2D eigenvalue weighted by molar-refractivity contribution is 9.09. The van der Waals surface area contributed by atoms with Crippen molar-refractivity contribution in [1.82, 2.24) is 4.90 Å². The van der Waals surface area contributed by atoms with Crippen LogP contribution in [0.2, 0.25) is 0 Å². The first kappa shape index (κ1) is 10.4. The molecule has 0 saturated heterocycles. The SMILES string of the molecule is CC(Br)CN(CC#N)CC#N. The summed E-state index contributed by atoms with van der Waals surface area (Å²) in [4.78, 5) is 2.11. The Morgan fingerprint density at radius 2 is 1.82 bits per heavy atom. The van der Waals surface area contributed by atoms with Gasteiger partial charge in [-0.25, -0.2) is 0 Å². The van der Waals surface area contributed by atoms with Crippen LogP contribution >= 0.6 is 15.9 Å². The molecule has 4 heteroatoms. The van der Waals surface area contributed by atoms with E-state index in [-0.39, 0.29) is 0 Å². The average Bonchev–Trinajstić information content (AvgIpc) is 1.87. The van der Waals surface area contributed by atoms with Gasteiger partial charge in [0.1, 0.15) is 0 Å². The monoisotopic (exact) mass is 215 g/mol. The van der Waals surface area contributed by atoms with Gasteiger partial charge in [0.15, 0.2) is 0 Å². The van der Waals surface area contributed by atoms with Gasteiger partial charge in [0.2, 0.25) is 0 Å². The van der Waals surface area contributed by atoms with Crippen molar-refractivity contribution in [3.05, 3.63) is 0 Å². The van der Waals surface area contributed by atoms with E-state index < -0.39 is 0 Å². The second kappa shape index (κ2) is 6.15. The number of nitriles is 2. The van der Waals surface area contributed by atoms with E-state index >= 15 is 0 Å². The molecule has 0 spiro atoms. The van der Waals surface area contributed by atoms with Crippen LogP contribution in [0.15, 0.2) is 0 Å². The lowest BCUT2D eigenvalue weighted by molar-refractivity contribution is 0.348. The Labute approximate surface area is 75.3 Å². The van der Waals surface area contributed by atoms with Crippen molar-refractivity contribution in [1.29, 1.82) is 10.5 Å². The van der Waals surface area contributed by atoms with Crippen LogP contribution in [0.4, 0.5) is 0 Å². The van der Waals surface area contributed by atoms with Gasteiger partial charge >= 0.3 is 0 Å². The molecule has 1 atom stereocenters. The van der Waals surface area contributed by atoms with Crippen LogP contribution in [0.25, 0.3) is 0 Å². The first-order valence-corrected chi connectivity index (χ1v) is 4.22. The first-order valence-electron chi connectivity index (χ1n) is 3.31. The van der Waals surface area contributed by atoms with Gasteiger partial charge in [0.05, 0.1) is 25.2 Å². The van der Waals surface area contributed by atoms with Crippen LogP contribution in [0.3, 0.4) is 0 Å². The van der Waals surface area contributed by atoms with Crippen LogP contribution in [0, 0.1) is 22.7 Å². The molecule has 0 radical (unpaired) electrons. The van der Waals surface area contributed by atoms with Gasteiger partial charge in [-0.2, -0.15) is 10.5 Å². The van der Waals surface area contributed by atoms with Crippen molar-refractivity contribution in [3.8, 4) is 12.1 Å². The van der Waals surface area contributed by atoms with Gasteiger partial charge in [0, 0.05) is 11.4 Å². The molecule has 1 unspecified atom stereocenters. The number of rotatable bonds is 4. The lowest BCUT2D eigenvalue weighted by Gasteiger charge is -2.15. The molecule has 0 aromatic rings. The molecular weight excluding hydrogens is 206 g/mol. The van der Waals surface area contributed by atoms with Crippen molar-refractivity contribution < 1.29 is 0 Å². The van der Waals surface area contributed by atoms with E-state index in [1.165, 1.54) is 0 Å². The predicted octanol–water partition coefficient (Wildman–Crippen LogP) is 1.12. The van der Waals surface area contributed by atoms with Crippen molar-refractivity contribution in [2.75, 3.05) is 19.6 Å². The Morgan fingerprint density at radius 3 is 2.09 bits per heavy atom. The minimum Gasteiger partial charge on any atom is -0.276 e. The molecule has 0 aliphatic rings. The second-order valence-electron chi connectivity index (χ2n) is 2.27. The van der Waals surface area contributed by atoms with Crippen LogP contribution in [0.5, 0.6) is 0 Å². The van der Waals surface area contributed by atoms with Gasteiger partial charge in [-0.05, 0) is 0 Å². The maximum atomic E-state index is 8.36. The second-order valence-corrected chi connectivity index (χ2v) is 3.83. The third-order valence-corrected chi connectivity index (χ3v) is 1.39. The highest BCUT2D eigenvalue weighted by Crippen LogP contribution is 2.00. The number of nitrogens with zero attached hydrogens (tertiary/aromatic N) is 3. The van der Waals surface area contributed by atoms with Gasteiger partial charge in [-0.15, -0.1) is 0 Å².